The molecule has 1 saturated heterocycles. The van der Waals surface area contributed by atoms with Crippen molar-refractivity contribution in [3.8, 4) is 5.75 Å². The summed E-state index contributed by atoms with van der Waals surface area (Å²) in [6.07, 6.45) is 0.539. The van der Waals surface area contributed by atoms with E-state index in [1.807, 2.05) is 42.5 Å². The van der Waals surface area contributed by atoms with Gasteiger partial charge in [-0.1, -0.05) is 35.9 Å². The molecule has 0 aromatic heterocycles. The third kappa shape index (κ3) is 4.40. The van der Waals surface area contributed by atoms with Crippen LogP contribution in [0.1, 0.15) is 35.6 Å². The van der Waals surface area contributed by atoms with E-state index in [1.54, 1.807) is 7.11 Å². The Bertz CT molecular complexity index is 742. The number of halogens is 1. The average molecular weight is 361 g/mol. The minimum Gasteiger partial charge on any atom is -0.497 e. The van der Waals surface area contributed by atoms with Crippen LogP contribution in [0.15, 0.2) is 42.5 Å². The Morgan fingerprint density at radius 3 is 2.64 bits per heavy atom. The van der Waals surface area contributed by atoms with Gasteiger partial charge in [-0.15, -0.1) is 0 Å². The molecule has 25 heavy (non-hydrogen) atoms. The minimum atomic E-state index is -0.424. The van der Waals surface area contributed by atoms with Crippen molar-refractivity contribution in [1.29, 1.82) is 0 Å². The molecule has 0 radical (unpaired) electrons. The van der Waals surface area contributed by atoms with Crippen molar-refractivity contribution >= 4 is 17.4 Å². The number of carbonyl (C=O) groups is 1. The lowest BCUT2D eigenvalue weighted by Gasteiger charge is -2.28. The lowest BCUT2D eigenvalue weighted by molar-refractivity contribution is -0.139. The van der Waals surface area contributed by atoms with E-state index in [9.17, 15) is 9.90 Å². The summed E-state index contributed by atoms with van der Waals surface area (Å²) in [7, 11) is 1.64. The Kier molecular flexibility index (Phi) is 5.74. The first-order chi connectivity index (χ1) is 12.1. The number of carbonyl (C=O) groups excluding carboxylic acids is 1. The highest BCUT2D eigenvalue weighted by Crippen LogP contribution is 2.32. The van der Waals surface area contributed by atoms with E-state index in [0.717, 1.165) is 22.4 Å². The van der Waals surface area contributed by atoms with Gasteiger partial charge in [-0.25, -0.2) is 0 Å². The summed E-state index contributed by atoms with van der Waals surface area (Å²) in [6.45, 7) is -0.144. The van der Waals surface area contributed by atoms with E-state index < -0.39 is 6.10 Å². The molecule has 3 rings (SSSR count). The molecule has 0 unspecified atom stereocenters. The second-order valence-electron chi connectivity index (χ2n) is 6.25. The van der Waals surface area contributed by atoms with Gasteiger partial charge in [0.25, 0.3) is 0 Å². The van der Waals surface area contributed by atoms with Crippen molar-refractivity contribution < 1.29 is 19.4 Å². The maximum atomic E-state index is 11.9. The molecule has 1 fully saturated rings. The molecule has 0 amide bonds. The van der Waals surface area contributed by atoms with Gasteiger partial charge < -0.3 is 14.6 Å². The molecule has 2 aromatic carbocycles. The predicted octanol–water partition coefficient (Wildman–Crippen LogP) is 3.72. The molecule has 1 aliphatic heterocycles. The van der Waals surface area contributed by atoms with Gasteiger partial charge >= 0.3 is 0 Å². The van der Waals surface area contributed by atoms with E-state index in [4.69, 9.17) is 21.1 Å². The van der Waals surface area contributed by atoms with Crippen molar-refractivity contribution in [1.82, 2.24) is 0 Å². The van der Waals surface area contributed by atoms with Crippen molar-refractivity contribution in [2.75, 3.05) is 13.7 Å². The van der Waals surface area contributed by atoms with Crippen LogP contribution in [0.5, 0.6) is 5.75 Å². The van der Waals surface area contributed by atoms with Gasteiger partial charge in [0.05, 0.1) is 25.9 Å². The first-order valence-electron chi connectivity index (χ1n) is 8.28. The second-order valence-corrected chi connectivity index (χ2v) is 6.66. The molecule has 1 heterocycles. The smallest absolute Gasteiger partial charge is 0.138 e. The molecule has 0 bridgehead atoms. The fourth-order valence-electron chi connectivity index (χ4n) is 3.07. The topological polar surface area (TPSA) is 55.8 Å². The number of hydrogen-bond acceptors (Lipinski definition) is 4. The Hall–Kier alpha value is -1.88. The molecule has 2 atom stereocenters. The lowest BCUT2D eigenvalue weighted by atomic mass is 9.95. The van der Waals surface area contributed by atoms with Crippen molar-refractivity contribution in [3.63, 3.8) is 0 Å². The van der Waals surface area contributed by atoms with Crippen molar-refractivity contribution in [3.05, 3.63) is 64.2 Å². The Labute approximate surface area is 152 Å². The van der Waals surface area contributed by atoms with Crippen LogP contribution in [0, 0.1) is 0 Å². The Morgan fingerprint density at radius 1 is 1.20 bits per heavy atom. The maximum absolute atomic E-state index is 11.9. The average Bonchev–Trinajstić information content (AvgIpc) is 2.63. The summed E-state index contributed by atoms with van der Waals surface area (Å²) >= 11 is 6.36. The van der Waals surface area contributed by atoms with Gasteiger partial charge in [-0.2, -0.15) is 0 Å². The van der Waals surface area contributed by atoms with E-state index in [-0.39, 0.29) is 24.9 Å². The van der Waals surface area contributed by atoms with Crippen molar-refractivity contribution in [2.24, 2.45) is 0 Å². The van der Waals surface area contributed by atoms with Crippen LogP contribution in [0.4, 0.5) is 0 Å². The zero-order valence-corrected chi connectivity index (χ0v) is 14.8. The van der Waals surface area contributed by atoms with E-state index in [2.05, 4.69) is 0 Å². The van der Waals surface area contributed by atoms with Gasteiger partial charge in [0.15, 0.2) is 0 Å². The monoisotopic (exact) mass is 360 g/mol. The number of aliphatic hydroxyl groups excluding tert-OH is 1. The van der Waals surface area contributed by atoms with Crippen LogP contribution in [-0.2, 0) is 16.0 Å². The number of ketones is 1. The third-order valence-corrected chi connectivity index (χ3v) is 4.79. The maximum Gasteiger partial charge on any atom is 0.138 e. The molecule has 4 nitrogen and oxygen atoms in total. The highest BCUT2D eigenvalue weighted by molar-refractivity contribution is 6.31. The number of aliphatic hydroxyl groups is 1. The van der Waals surface area contributed by atoms with Gasteiger partial charge in [0.2, 0.25) is 0 Å². The third-order valence-electron chi connectivity index (χ3n) is 4.42. The predicted molar refractivity (Wildman–Crippen MR) is 96.2 cm³/mol. The van der Waals surface area contributed by atoms with E-state index in [0.29, 0.717) is 17.9 Å². The van der Waals surface area contributed by atoms with Crippen LogP contribution in [-0.4, -0.2) is 30.7 Å². The molecule has 1 N–H and O–H groups in total. The summed E-state index contributed by atoms with van der Waals surface area (Å²) in [5.41, 5.74) is 3.01. The molecule has 0 saturated carbocycles. The normalized spacial score (nSPS) is 20.5. The number of rotatable bonds is 5. The molecule has 0 aliphatic carbocycles. The molecular formula is C20H21ClO4. The molecule has 1 aliphatic rings. The van der Waals surface area contributed by atoms with Gasteiger partial charge in [0, 0.05) is 17.9 Å². The minimum absolute atomic E-state index is 0.113. The first-order valence-corrected chi connectivity index (χ1v) is 8.66. The SMILES string of the molecule is COc1ccc(Cc2cc([C@H]3CC(=O)C[C@@H](CO)O3)ccc2Cl)cc1. The number of Topliss-reactive ketones (excluding diaryl/α,β-unsaturated/α-hetero) is 1. The van der Waals surface area contributed by atoms with E-state index >= 15 is 0 Å². The standard InChI is InChI=1S/C20H21ClO4/c1-24-17-5-2-13(3-6-17)8-15-9-14(4-7-19(15)21)20-11-16(23)10-18(12-22)25-20/h2-7,9,18,20,22H,8,10-12H2,1H3/t18-,20+/m0/s1. The Morgan fingerprint density at radius 2 is 1.96 bits per heavy atom. The van der Waals surface area contributed by atoms with Crippen LogP contribution < -0.4 is 4.74 Å². The molecule has 132 valence electrons. The summed E-state index contributed by atoms with van der Waals surface area (Å²) < 4.78 is 11.0. The van der Waals surface area contributed by atoms with Gasteiger partial charge in [0.1, 0.15) is 11.5 Å². The van der Waals surface area contributed by atoms with Crippen LogP contribution in [0.3, 0.4) is 0 Å². The number of methoxy groups -OCH3 is 1. The van der Waals surface area contributed by atoms with Crippen LogP contribution >= 0.6 is 11.6 Å². The molecular weight excluding hydrogens is 340 g/mol. The summed E-state index contributed by atoms with van der Waals surface area (Å²) in [5.74, 6) is 0.926. The summed E-state index contributed by atoms with van der Waals surface area (Å²) in [4.78, 5) is 11.9. The highest BCUT2D eigenvalue weighted by atomic mass is 35.5. The molecule has 0 spiro atoms. The fourth-order valence-corrected chi connectivity index (χ4v) is 3.25. The lowest BCUT2D eigenvalue weighted by Crippen LogP contribution is -2.30. The van der Waals surface area contributed by atoms with Crippen LogP contribution in [0.25, 0.3) is 0 Å². The summed E-state index contributed by atoms with van der Waals surface area (Å²) in [5, 5.41) is 9.98. The fraction of sp³-hybridized carbons (Fsp3) is 0.350. The second kappa shape index (κ2) is 8.00. The number of hydrogen-bond donors (Lipinski definition) is 1. The van der Waals surface area contributed by atoms with Gasteiger partial charge in [-0.05, 0) is 41.3 Å². The first kappa shape index (κ1) is 17.9. The largest absolute Gasteiger partial charge is 0.497 e. The zero-order valence-electron chi connectivity index (χ0n) is 14.1. The van der Waals surface area contributed by atoms with E-state index in [1.165, 1.54) is 0 Å². The van der Waals surface area contributed by atoms with Gasteiger partial charge in [-0.3, -0.25) is 4.79 Å². The molecule has 5 heteroatoms. The molecule has 2 aromatic rings. The quantitative estimate of drug-likeness (QED) is 0.882. The zero-order chi connectivity index (χ0) is 17.8. The Balaban J connectivity index is 1.81. The highest BCUT2D eigenvalue weighted by Gasteiger charge is 2.28. The summed E-state index contributed by atoms with van der Waals surface area (Å²) in [6, 6.07) is 13.6. The number of benzene rings is 2. The number of ether oxygens (including phenoxy) is 2. The van der Waals surface area contributed by atoms with Crippen molar-refractivity contribution in [2.45, 2.75) is 31.5 Å². The van der Waals surface area contributed by atoms with Crippen LogP contribution in [0.2, 0.25) is 5.02 Å².